The summed E-state index contributed by atoms with van der Waals surface area (Å²) < 4.78 is 16.2. The number of nitrogens with one attached hydrogen (secondary N) is 2. The van der Waals surface area contributed by atoms with Gasteiger partial charge in [0.05, 0.1) is 18.8 Å². The minimum absolute atomic E-state index is 0.115. The van der Waals surface area contributed by atoms with Gasteiger partial charge in [0.1, 0.15) is 19.8 Å². The molecule has 0 heterocycles. The Kier molecular flexibility index (Phi) is 15.2. The van der Waals surface area contributed by atoms with Crippen LogP contribution in [-0.2, 0) is 25.6 Å². The molecule has 1 aromatic rings. The third-order valence-electron chi connectivity index (χ3n) is 4.84. The molecule has 2 N–H and O–H groups in total. The standard InChI is InChI=1S/C27H34N2O5/c1-4-7-17-27(22-32-19-5-2,23-33-20-6-3)29-25(30)16-12-9-13-18-28-26(31)34-21-24-14-10-8-11-15-24/h1-3,8,10-11,14-15H,7,9,12-13,16-23H2,(H,28,31)(H,29,30). The lowest BCUT2D eigenvalue weighted by Gasteiger charge is -2.33. The first-order chi connectivity index (χ1) is 16.5. The molecule has 0 saturated heterocycles. The van der Waals surface area contributed by atoms with E-state index in [0.29, 0.717) is 32.2 Å². The average Bonchev–Trinajstić information content (AvgIpc) is 2.84. The van der Waals surface area contributed by atoms with Crippen LogP contribution in [-0.4, -0.2) is 50.5 Å². The lowest BCUT2D eigenvalue weighted by Crippen LogP contribution is -2.55. The number of hydrogen-bond acceptors (Lipinski definition) is 5. The molecule has 0 aliphatic heterocycles. The summed E-state index contributed by atoms with van der Waals surface area (Å²) in [5, 5.41) is 5.73. The van der Waals surface area contributed by atoms with Crippen molar-refractivity contribution < 1.29 is 23.8 Å². The highest BCUT2D eigenvalue weighted by Gasteiger charge is 2.32. The van der Waals surface area contributed by atoms with Gasteiger partial charge in [0.15, 0.2) is 0 Å². The molecule has 0 radical (unpaired) electrons. The lowest BCUT2D eigenvalue weighted by atomic mass is 9.94. The van der Waals surface area contributed by atoms with Crippen LogP contribution in [0.1, 0.15) is 44.1 Å². The number of terminal acetylenes is 3. The summed E-state index contributed by atoms with van der Waals surface area (Å²) >= 11 is 0. The summed E-state index contributed by atoms with van der Waals surface area (Å²) in [6, 6.07) is 9.47. The van der Waals surface area contributed by atoms with Crippen molar-refractivity contribution in [1.82, 2.24) is 10.6 Å². The normalized spacial score (nSPS) is 10.4. The smallest absolute Gasteiger partial charge is 0.407 e. The zero-order valence-corrected chi connectivity index (χ0v) is 19.6. The van der Waals surface area contributed by atoms with Crippen LogP contribution < -0.4 is 10.6 Å². The summed E-state index contributed by atoms with van der Waals surface area (Å²) in [5.74, 6) is 7.26. The highest BCUT2D eigenvalue weighted by Crippen LogP contribution is 2.16. The first kappa shape index (κ1) is 28.6. The topological polar surface area (TPSA) is 85.9 Å². The minimum atomic E-state index is -0.804. The molecule has 0 atom stereocenters. The van der Waals surface area contributed by atoms with Gasteiger partial charge < -0.3 is 24.8 Å². The first-order valence-electron chi connectivity index (χ1n) is 11.3. The number of rotatable bonds is 17. The number of benzene rings is 1. The molecule has 2 amide bonds. The van der Waals surface area contributed by atoms with E-state index in [1.807, 2.05) is 30.3 Å². The maximum atomic E-state index is 12.6. The van der Waals surface area contributed by atoms with Crippen molar-refractivity contribution in [3.8, 4) is 37.0 Å². The third-order valence-corrected chi connectivity index (χ3v) is 4.84. The maximum Gasteiger partial charge on any atom is 0.407 e. The molecule has 1 rings (SSSR count). The Morgan fingerprint density at radius 3 is 2.21 bits per heavy atom. The second-order valence-electron chi connectivity index (χ2n) is 7.73. The van der Waals surface area contributed by atoms with Crippen molar-refractivity contribution >= 4 is 12.0 Å². The summed E-state index contributed by atoms with van der Waals surface area (Å²) in [6.45, 7) is 1.27. The van der Waals surface area contributed by atoms with Gasteiger partial charge in [-0.05, 0) is 24.8 Å². The number of carbonyl (C=O) groups is 2. The number of hydrogen-bond donors (Lipinski definition) is 2. The molecule has 0 unspecified atom stereocenters. The van der Waals surface area contributed by atoms with E-state index in [1.54, 1.807) is 0 Å². The predicted molar refractivity (Wildman–Crippen MR) is 131 cm³/mol. The molecule has 0 spiro atoms. The maximum absolute atomic E-state index is 12.6. The van der Waals surface area contributed by atoms with E-state index in [0.717, 1.165) is 18.4 Å². The van der Waals surface area contributed by atoms with Crippen molar-refractivity contribution in [3.63, 3.8) is 0 Å². The molecule has 34 heavy (non-hydrogen) atoms. The number of alkyl carbamates (subject to hydrolysis) is 1. The molecule has 1 aromatic carbocycles. The second kappa shape index (κ2) is 18.0. The van der Waals surface area contributed by atoms with Gasteiger partial charge in [-0.2, -0.15) is 0 Å². The van der Waals surface area contributed by atoms with Crippen LogP contribution in [0.2, 0.25) is 0 Å². The van der Waals surface area contributed by atoms with Crippen LogP contribution in [0.4, 0.5) is 4.79 Å². The Labute approximate surface area is 203 Å². The quantitative estimate of drug-likeness (QED) is 0.272. The Hall–Kier alpha value is -3.44. The van der Waals surface area contributed by atoms with E-state index in [1.165, 1.54) is 0 Å². The Morgan fingerprint density at radius 2 is 1.59 bits per heavy atom. The highest BCUT2D eigenvalue weighted by molar-refractivity contribution is 5.76. The highest BCUT2D eigenvalue weighted by atomic mass is 16.5. The number of ether oxygens (including phenoxy) is 3. The van der Waals surface area contributed by atoms with Gasteiger partial charge in [0, 0.05) is 19.4 Å². The number of amides is 2. The predicted octanol–water partition coefficient (Wildman–Crippen LogP) is 3.04. The Balaban J connectivity index is 2.36. The number of unbranched alkanes of at least 4 members (excludes halogenated alkanes) is 2. The summed E-state index contributed by atoms with van der Waals surface area (Å²) in [7, 11) is 0. The molecule has 0 fully saturated rings. The molecular formula is C27H34N2O5. The van der Waals surface area contributed by atoms with E-state index in [2.05, 4.69) is 28.4 Å². The van der Waals surface area contributed by atoms with Crippen molar-refractivity contribution in [2.24, 2.45) is 0 Å². The molecule has 0 bridgehead atoms. The van der Waals surface area contributed by atoms with Crippen LogP contribution >= 0.6 is 0 Å². The zero-order valence-electron chi connectivity index (χ0n) is 19.6. The molecule has 0 aromatic heterocycles. The van der Waals surface area contributed by atoms with Gasteiger partial charge in [0.25, 0.3) is 0 Å². The Morgan fingerprint density at radius 1 is 0.912 bits per heavy atom. The molecule has 0 aliphatic carbocycles. The van der Waals surface area contributed by atoms with E-state index < -0.39 is 11.6 Å². The van der Waals surface area contributed by atoms with Gasteiger partial charge in [-0.3, -0.25) is 4.79 Å². The van der Waals surface area contributed by atoms with Gasteiger partial charge in [-0.15, -0.1) is 25.2 Å². The summed E-state index contributed by atoms with van der Waals surface area (Å²) in [4.78, 5) is 24.4. The molecule has 7 heteroatoms. The lowest BCUT2D eigenvalue weighted by molar-refractivity contribution is -0.125. The van der Waals surface area contributed by atoms with Crippen LogP contribution in [0.3, 0.4) is 0 Å². The fourth-order valence-electron chi connectivity index (χ4n) is 3.15. The monoisotopic (exact) mass is 466 g/mol. The molecule has 7 nitrogen and oxygen atoms in total. The van der Waals surface area contributed by atoms with Gasteiger partial charge >= 0.3 is 6.09 Å². The Bertz CT molecular complexity index is 829. The second-order valence-corrected chi connectivity index (χ2v) is 7.73. The zero-order chi connectivity index (χ0) is 24.9. The SMILES string of the molecule is C#CCCC(COCC#C)(COCC#C)NC(=O)CCCCCNC(=O)OCc1ccccc1. The van der Waals surface area contributed by atoms with Crippen molar-refractivity contribution in [1.29, 1.82) is 0 Å². The molecular weight excluding hydrogens is 432 g/mol. The fourth-order valence-corrected chi connectivity index (χ4v) is 3.15. The number of carbonyl (C=O) groups excluding carboxylic acids is 2. The third kappa shape index (κ3) is 13.2. The van der Waals surface area contributed by atoms with Crippen LogP contribution in [0.25, 0.3) is 0 Å². The minimum Gasteiger partial charge on any atom is -0.445 e. The average molecular weight is 467 g/mol. The molecule has 0 saturated carbocycles. The van der Waals surface area contributed by atoms with Gasteiger partial charge in [-0.1, -0.05) is 48.6 Å². The molecule has 182 valence electrons. The molecule has 0 aliphatic rings. The van der Waals surface area contributed by atoms with Crippen LogP contribution in [0.5, 0.6) is 0 Å². The van der Waals surface area contributed by atoms with E-state index in [4.69, 9.17) is 33.5 Å². The van der Waals surface area contributed by atoms with Gasteiger partial charge in [0.2, 0.25) is 5.91 Å². The fraction of sp³-hybridized carbons (Fsp3) is 0.481. The van der Waals surface area contributed by atoms with E-state index in [9.17, 15) is 9.59 Å². The van der Waals surface area contributed by atoms with E-state index >= 15 is 0 Å². The van der Waals surface area contributed by atoms with Crippen molar-refractivity contribution in [3.05, 3.63) is 35.9 Å². The summed E-state index contributed by atoms with van der Waals surface area (Å²) in [5.41, 5.74) is 0.123. The summed E-state index contributed by atoms with van der Waals surface area (Å²) in [6.07, 6.45) is 18.9. The van der Waals surface area contributed by atoms with E-state index in [-0.39, 0.29) is 38.9 Å². The van der Waals surface area contributed by atoms with Crippen molar-refractivity contribution in [2.75, 3.05) is 33.0 Å². The van der Waals surface area contributed by atoms with Crippen LogP contribution in [0, 0.1) is 37.0 Å². The first-order valence-corrected chi connectivity index (χ1v) is 11.3. The largest absolute Gasteiger partial charge is 0.445 e. The van der Waals surface area contributed by atoms with Gasteiger partial charge in [-0.25, -0.2) is 4.79 Å². The van der Waals surface area contributed by atoms with Crippen LogP contribution in [0.15, 0.2) is 30.3 Å². The van der Waals surface area contributed by atoms with Crippen molar-refractivity contribution in [2.45, 2.75) is 50.7 Å².